The van der Waals surface area contributed by atoms with Gasteiger partial charge < -0.3 is 15.2 Å². The minimum atomic E-state index is -1.87. The van der Waals surface area contributed by atoms with E-state index in [1.807, 2.05) is 0 Å². The van der Waals surface area contributed by atoms with Crippen molar-refractivity contribution in [1.82, 2.24) is 10.6 Å². The van der Waals surface area contributed by atoms with Crippen LogP contribution in [-0.4, -0.2) is 40.2 Å². The van der Waals surface area contributed by atoms with Crippen molar-refractivity contribution < 1.29 is 8.76 Å². The van der Waals surface area contributed by atoms with Crippen LogP contribution in [0.4, 0.5) is 0 Å². The Morgan fingerprint density at radius 2 is 2.50 bits per heavy atom. The van der Waals surface area contributed by atoms with E-state index in [1.165, 1.54) is 0 Å². The monoisotopic (exact) mass is 191 g/mol. The van der Waals surface area contributed by atoms with Gasteiger partial charge in [-0.3, -0.25) is 4.21 Å². The third-order valence-corrected chi connectivity index (χ3v) is 2.60. The molecule has 0 radical (unpaired) electrons. The lowest BCUT2D eigenvalue weighted by atomic mass is 10.2. The topological polar surface area (TPSA) is 64.2 Å². The lowest BCUT2D eigenvalue weighted by Gasteiger charge is -2.11. The van der Waals surface area contributed by atoms with Crippen molar-refractivity contribution in [2.24, 2.45) is 0 Å². The first-order valence-corrected chi connectivity index (χ1v) is 5.53. The molecule has 0 aliphatic carbocycles. The van der Waals surface area contributed by atoms with Gasteiger partial charge in [0.1, 0.15) is 0 Å². The van der Waals surface area contributed by atoms with Crippen molar-refractivity contribution in [2.45, 2.75) is 18.9 Å². The van der Waals surface area contributed by atoms with E-state index in [4.69, 9.17) is 0 Å². The molecule has 2 atom stereocenters. The molecule has 1 fully saturated rings. The Hall–Kier alpha value is 0.0300. The Balaban J connectivity index is 1.91. The van der Waals surface area contributed by atoms with Crippen molar-refractivity contribution in [2.75, 3.05) is 25.4 Å². The standard InChI is InChI=1S/C7H16N2O2S/c10-12(11)5-1-3-9-7-2-4-8-6-7/h7-9H,1-6H2,(H,10,11)/p-1. The Morgan fingerprint density at radius 3 is 3.08 bits per heavy atom. The van der Waals surface area contributed by atoms with Gasteiger partial charge in [-0.1, -0.05) is 11.1 Å². The highest BCUT2D eigenvalue weighted by Crippen LogP contribution is 1.96. The molecule has 1 saturated heterocycles. The average molecular weight is 191 g/mol. The third-order valence-electron chi connectivity index (χ3n) is 1.98. The van der Waals surface area contributed by atoms with Gasteiger partial charge in [0.15, 0.2) is 0 Å². The molecular formula is C7H15N2O2S-. The normalized spacial score (nSPS) is 25.9. The van der Waals surface area contributed by atoms with Gasteiger partial charge >= 0.3 is 0 Å². The van der Waals surface area contributed by atoms with E-state index < -0.39 is 11.1 Å². The van der Waals surface area contributed by atoms with E-state index in [-0.39, 0.29) is 5.75 Å². The lowest BCUT2D eigenvalue weighted by Crippen LogP contribution is -2.32. The number of hydrogen-bond donors (Lipinski definition) is 2. The predicted molar refractivity (Wildman–Crippen MR) is 47.7 cm³/mol. The van der Waals surface area contributed by atoms with Crippen LogP contribution in [0.3, 0.4) is 0 Å². The number of nitrogens with one attached hydrogen (secondary N) is 2. The van der Waals surface area contributed by atoms with E-state index in [0.717, 1.165) is 26.1 Å². The van der Waals surface area contributed by atoms with Gasteiger partial charge in [0.25, 0.3) is 0 Å². The molecule has 5 heteroatoms. The second-order valence-electron chi connectivity index (χ2n) is 3.01. The first-order chi connectivity index (χ1) is 5.79. The van der Waals surface area contributed by atoms with Crippen molar-refractivity contribution in [3.05, 3.63) is 0 Å². The smallest absolute Gasteiger partial charge is 0.0204 e. The first kappa shape index (κ1) is 10.1. The Morgan fingerprint density at radius 1 is 1.67 bits per heavy atom. The summed E-state index contributed by atoms with van der Waals surface area (Å²) in [5.74, 6) is 0.271. The molecule has 2 N–H and O–H groups in total. The molecule has 72 valence electrons. The van der Waals surface area contributed by atoms with E-state index in [9.17, 15) is 8.76 Å². The molecule has 0 amide bonds. The van der Waals surface area contributed by atoms with Gasteiger partial charge in [0.05, 0.1) is 0 Å². The maximum atomic E-state index is 10.2. The summed E-state index contributed by atoms with van der Waals surface area (Å²) in [6, 6.07) is 0.546. The minimum absolute atomic E-state index is 0.271. The lowest BCUT2D eigenvalue weighted by molar-refractivity contribution is 0.521. The highest BCUT2D eigenvalue weighted by Gasteiger charge is 2.12. The summed E-state index contributed by atoms with van der Waals surface area (Å²) in [7, 11) is 0. The fourth-order valence-corrected chi connectivity index (χ4v) is 1.71. The summed E-state index contributed by atoms with van der Waals surface area (Å²) in [6.45, 7) is 2.89. The zero-order valence-electron chi connectivity index (χ0n) is 7.04. The largest absolute Gasteiger partial charge is 0.772 e. The van der Waals surface area contributed by atoms with Gasteiger partial charge in [0, 0.05) is 18.3 Å². The summed E-state index contributed by atoms with van der Waals surface area (Å²) >= 11 is -1.87. The second-order valence-corrected chi connectivity index (χ2v) is 4.02. The maximum absolute atomic E-state index is 10.2. The molecule has 4 nitrogen and oxygen atoms in total. The third kappa shape index (κ3) is 4.15. The van der Waals surface area contributed by atoms with Gasteiger partial charge in [-0.05, 0) is 25.9 Å². The van der Waals surface area contributed by atoms with Crippen LogP contribution < -0.4 is 10.6 Å². The predicted octanol–water partition coefficient (Wildman–Crippen LogP) is -0.793. The molecule has 1 heterocycles. The Bertz CT molecular complexity index is 148. The van der Waals surface area contributed by atoms with E-state index in [1.54, 1.807) is 0 Å². The molecule has 1 rings (SSSR count). The van der Waals surface area contributed by atoms with Crippen LogP contribution in [0.15, 0.2) is 0 Å². The van der Waals surface area contributed by atoms with Crippen LogP contribution in [0, 0.1) is 0 Å². The summed E-state index contributed by atoms with van der Waals surface area (Å²) < 4.78 is 20.3. The first-order valence-electron chi connectivity index (χ1n) is 4.29. The van der Waals surface area contributed by atoms with Crippen LogP contribution in [0.1, 0.15) is 12.8 Å². The highest BCUT2D eigenvalue weighted by atomic mass is 32.2. The molecular weight excluding hydrogens is 176 g/mol. The average Bonchev–Trinajstić information content (AvgIpc) is 2.49. The highest BCUT2D eigenvalue weighted by molar-refractivity contribution is 7.79. The molecule has 12 heavy (non-hydrogen) atoms. The number of rotatable bonds is 5. The summed E-state index contributed by atoms with van der Waals surface area (Å²) in [5.41, 5.74) is 0. The maximum Gasteiger partial charge on any atom is 0.0204 e. The van der Waals surface area contributed by atoms with Crippen LogP contribution >= 0.6 is 0 Å². The van der Waals surface area contributed by atoms with Crippen molar-refractivity contribution in [3.63, 3.8) is 0 Å². The molecule has 0 aromatic carbocycles. The summed E-state index contributed by atoms with van der Waals surface area (Å²) in [4.78, 5) is 0. The molecule has 0 saturated carbocycles. The zero-order chi connectivity index (χ0) is 8.81. The quantitative estimate of drug-likeness (QED) is 0.441. The van der Waals surface area contributed by atoms with Crippen LogP contribution in [-0.2, 0) is 11.1 Å². The zero-order valence-corrected chi connectivity index (χ0v) is 7.86. The van der Waals surface area contributed by atoms with E-state index in [0.29, 0.717) is 12.5 Å². The molecule has 1 aliphatic heterocycles. The van der Waals surface area contributed by atoms with Crippen LogP contribution in [0.5, 0.6) is 0 Å². The fraction of sp³-hybridized carbons (Fsp3) is 1.00. The van der Waals surface area contributed by atoms with Gasteiger partial charge in [-0.2, -0.15) is 0 Å². The SMILES string of the molecule is O=S([O-])CCCNC1CCNC1. The van der Waals surface area contributed by atoms with Crippen molar-refractivity contribution >= 4 is 11.1 Å². The Kier molecular flexibility index (Phi) is 4.75. The summed E-state index contributed by atoms with van der Waals surface area (Å²) in [6.07, 6.45) is 1.87. The van der Waals surface area contributed by atoms with Crippen LogP contribution in [0.25, 0.3) is 0 Å². The summed E-state index contributed by atoms with van der Waals surface area (Å²) in [5, 5.41) is 6.54. The molecule has 1 aliphatic rings. The number of hydrogen-bond acceptors (Lipinski definition) is 4. The molecule has 0 aromatic heterocycles. The van der Waals surface area contributed by atoms with Gasteiger partial charge in [0.2, 0.25) is 0 Å². The van der Waals surface area contributed by atoms with E-state index >= 15 is 0 Å². The second kappa shape index (κ2) is 5.64. The fourth-order valence-electron chi connectivity index (χ4n) is 1.33. The van der Waals surface area contributed by atoms with Crippen molar-refractivity contribution in [1.29, 1.82) is 0 Å². The van der Waals surface area contributed by atoms with Gasteiger partial charge in [-0.15, -0.1) is 0 Å². The molecule has 0 spiro atoms. The molecule has 2 unspecified atom stereocenters. The van der Waals surface area contributed by atoms with Crippen LogP contribution in [0.2, 0.25) is 0 Å². The minimum Gasteiger partial charge on any atom is -0.772 e. The molecule has 0 aromatic rings. The van der Waals surface area contributed by atoms with Crippen molar-refractivity contribution in [3.8, 4) is 0 Å². The van der Waals surface area contributed by atoms with E-state index in [2.05, 4.69) is 10.6 Å². The van der Waals surface area contributed by atoms with Gasteiger partial charge in [-0.25, -0.2) is 0 Å². The Labute approximate surface area is 75.4 Å². The molecule has 0 bridgehead atoms.